The van der Waals surface area contributed by atoms with Gasteiger partial charge in [0, 0.05) is 6.54 Å². The molecule has 9 heteroatoms. The second kappa shape index (κ2) is 5.49. The van der Waals surface area contributed by atoms with E-state index in [1.54, 1.807) is 31.2 Å². The lowest BCUT2D eigenvalue weighted by atomic mass is 9.92. The zero-order chi connectivity index (χ0) is 16.4. The van der Waals surface area contributed by atoms with E-state index in [2.05, 4.69) is 20.8 Å². The highest BCUT2D eigenvalue weighted by molar-refractivity contribution is 6.07. The van der Waals surface area contributed by atoms with Crippen LogP contribution in [-0.4, -0.2) is 43.6 Å². The summed E-state index contributed by atoms with van der Waals surface area (Å²) in [7, 11) is 0. The van der Waals surface area contributed by atoms with Gasteiger partial charge in [0.05, 0.1) is 18.2 Å². The number of benzene rings is 1. The van der Waals surface area contributed by atoms with Crippen molar-refractivity contribution in [3.05, 3.63) is 36.2 Å². The molecule has 1 saturated heterocycles. The third-order valence-electron chi connectivity index (χ3n) is 3.78. The summed E-state index contributed by atoms with van der Waals surface area (Å²) in [5.74, 6) is -0.368. The lowest BCUT2D eigenvalue weighted by Crippen LogP contribution is -2.41. The average molecular weight is 311 g/mol. The molecule has 2 heterocycles. The number of nitriles is 1. The standard InChI is InChI=1S/C14H13N7O2/c1-14(12(22)20(8-2-7-15)13(23)17-14)10-3-5-11(6-4-10)21-9-16-18-19-21/h3-6,9H,2,8H2,1H3,(H,17,23)/t14-/m1/s1. The molecule has 9 nitrogen and oxygen atoms in total. The highest BCUT2D eigenvalue weighted by atomic mass is 16.2. The molecular weight excluding hydrogens is 298 g/mol. The third-order valence-corrected chi connectivity index (χ3v) is 3.78. The van der Waals surface area contributed by atoms with Crippen molar-refractivity contribution in [2.75, 3.05) is 6.54 Å². The van der Waals surface area contributed by atoms with Gasteiger partial charge in [-0.15, -0.1) is 5.10 Å². The second-order valence-corrected chi connectivity index (χ2v) is 5.22. The number of aromatic nitrogens is 4. The van der Waals surface area contributed by atoms with E-state index in [0.717, 1.165) is 10.6 Å². The summed E-state index contributed by atoms with van der Waals surface area (Å²) in [5.41, 5.74) is 0.235. The Morgan fingerprint density at radius 2 is 2.04 bits per heavy atom. The lowest BCUT2D eigenvalue weighted by molar-refractivity contribution is -0.131. The number of nitrogens with zero attached hydrogens (tertiary/aromatic N) is 6. The highest BCUT2D eigenvalue weighted by Gasteiger charge is 2.48. The first-order valence-electron chi connectivity index (χ1n) is 6.91. The first-order chi connectivity index (χ1) is 11.1. The van der Waals surface area contributed by atoms with E-state index in [4.69, 9.17) is 5.26 Å². The number of carbonyl (C=O) groups is 2. The second-order valence-electron chi connectivity index (χ2n) is 5.22. The molecule has 0 bridgehead atoms. The van der Waals surface area contributed by atoms with Gasteiger partial charge in [0.1, 0.15) is 11.9 Å². The fourth-order valence-electron chi connectivity index (χ4n) is 2.48. The molecule has 0 radical (unpaired) electrons. The number of carbonyl (C=O) groups excluding carboxylic acids is 2. The molecule has 1 aliphatic rings. The van der Waals surface area contributed by atoms with Crippen LogP contribution in [0, 0.1) is 11.3 Å². The van der Waals surface area contributed by atoms with Gasteiger partial charge in [0.2, 0.25) is 0 Å². The summed E-state index contributed by atoms with van der Waals surface area (Å²) >= 11 is 0. The molecule has 1 aromatic heterocycles. The van der Waals surface area contributed by atoms with Crippen LogP contribution in [0.15, 0.2) is 30.6 Å². The number of rotatable bonds is 4. The maximum Gasteiger partial charge on any atom is 0.325 e. The Morgan fingerprint density at radius 1 is 1.30 bits per heavy atom. The monoisotopic (exact) mass is 311 g/mol. The smallest absolute Gasteiger partial charge is 0.319 e. The number of urea groups is 1. The summed E-state index contributed by atoms with van der Waals surface area (Å²) in [5, 5.41) is 22.2. The zero-order valence-corrected chi connectivity index (χ0v) is 12.3. The number of amides is 3. The van der Waals surface area contributed by atoms with Gasteiger partial charge in [-0.2, -0.15) is 5.26 Å². The predicted octanol–water partition coefficient (Wildman–Crippen LogP) is 0.343. The Balaban J connectivity index is 1.87. The van der Waals surface area contributed by atoms with Crippen molar-refractivity contribution >= 4 is 11.9 Å². The number of hydrogen-bond donors (Lipinski definition) is 1. The van der Waals surface area contributed by atoms with Gasteiger partial charge in [-0.25, -0.2) is 9.48 Å². The minimum absolute atomic E-state index is 0.0828. The van der Waals surface area contributed by atoms with Crippen LogP contribution in [0.25, 0.3) is 5.69 Å². The predicted molar refractivity (Wildman–Crippen MR) is 77.0 cm³/mol. The molecule has 2 aromatic rings. The maximum atomic E-state index is 12.6. The lowest BCUT2D eigenvalue weighted by Gasteiger charge is -2.22. The van der Waals surface area contributed by atoms with Gasteiger partial charge < -0.3 is 5.32 Å². The zero-order valence-electron chi connectivity index (χ0n) is 12.3. The Bertz CT molecular complexity index is 778. The Hall–Kier alpha value is -3.28. The summed E-state index contributed by atoms with van der Waals surface area (Å²) in [6.45, 7) is 1.73. The van der Waals surface area contributed by atoms with Crippen LogP contribution in [0.2, 0.25) is 0 Å². The van der Waals surface area contributed by atoms with Crippen molar-refractivity contribution in [3.63, 3.8) is 0 Å². The summed E-state index contributed by atoms with van der Waals surface area (Å²) in [6.07, 6.45) is 1.57. The maximum absolute atomic E-state index is 12.6. The molecule has 1 atom stereocenters. The molecule has 1 N–H and O–H groups in total. The molecule has 1 aliphatic heterocycles. The molecule has 0 saturated carbocycles. The van der Waals surface area contributed by atoms with Gasteiger partial charge in [-0.1, -0.05) is 12.1 Å². The van der Waals surface area contributed by atoms with Gasteiger partial charge in [-0.05, 0) is 35.0 Å². The molecular formula is C14H13N7O2. The van der Waals surface area contributed by atoms with Crippen LogP contribution in [0.4, 0.5) is 4.79 Å². The normalized spacial score (nSPS) is 20.4. The molecule has 1 fully saturated rings. The first-order valence-corrected chi connectivity index (χ1v) is 6.91. The molecule has 0 unspecified atom stereocenters. The fourth-order valence-corrected chi connectivity index (χ4v) is 2.48. The number of hydrogen-bond acceptors (Lipinski definition) is 6. The Labute approximate surface area is 131 Å². The number of imide groups is 1. The molecule has 1 aromatic carbocycles. The number of nitrogens with one attached hydrogen (secondary N) is 1. The summed E-state index contributed by atoms with van der Waals surface area (Å²) in [4.78, 5) is 25.6. The van der Waals surface area contributed by atoms with Crippen molar-refractivity contribution in [1.82, 2.24) is 30.4 Å². The van der Waals surface area contributed by atoms with Crippen molar-refractivity contribution < 1.29 is 9.59 Å². The molecule has 0 spiro atoms. The van der Waals surface area contributed by atoms with Gasteiger partial charge in [-0.3, -0.25) is 9.69 Å². The third kappa shape index (κ3) is 2.40. The largest absolute Gasteiger partial charge is 0.325 e. The Kier molecular flexibility index (Phi) is 3.50. The molecule has 23 heavy (non-hydrogen) atoms. The van der Waals surface area contributed by atoms with E-state index in [1.165, 1.54) is 11.0 Å². The quantitative estimate of drug-likeness (QED) is 0.814. The van der Waals surface area contributed by atoms with Gasteiger partial charge in [0.15, 0.2) is 0 Å². The van der Waals surface area contributed by atoms with Crippen LogP contribution in [0.5, 0.6) is 0 Å². The van der Waals surface area contributed by atoms with Crippen molar-refractivity contribution in [1.29, 1.82) is 5.26 Å². The molecule has 3 rings (SSSR count). The van der Waals surface area contributed by atoms with E-state index < -0.39 is 11.6 Å². The van der Waals surface area contributed by atoms with Crippen LogP contribution >= 0.6 is 0 Å². The van der Waals surface area contributed by atoms with Crippen LogP contribution in [0.1, 0.15) is 18.9 Å². The van der Waals surface area contributed by atoms with E-state index in [0.29, 0.717) is 5.56 Å². The fraction of sp³-hybridized carbons (Fsp3) is 0.286. The summed E-state index contributed by atoms with van der Waals surface area (Å²) in [6, 6.07) is 8.44. The topological polar surface area (TPSA) is 117 Å². The average Bonchev–Trinajstić information content (AvgIpc) is 3.15. The van der Waals surface area contributed by atoms with Crippen molar-refractivity contribution in [2.45, 2.75) is 18.9 Å². The van der Waals surface area contributed by atoms with Crippen molar-refractivity contribution in [2.24, 2.45) is 0 Å². The van der Waals surface area contributed by atoms with Gasteiger partial charge in [0.25, 0.3) is 5.91 Å². The van der Waals surface area contributed by atoms with Crippen LogP contribution < -0.4 is 5.32 Å². The SMILES string of the molecule is C[C@]1(c2ccc(-n3cnnn3)cc2)NC(=O)N(CCC#N)C1=O. The highest BCUT2D eigenvalue weighted by Crippen LogP contribution is 2.29. The number of tetrazole rings is 1. The Morgan fingerprint density at radius 3 is 2.65 bits per heavy atom. The van der Waals surface area contributed by atoms with Crippen molar-refractivity contribution in [3.8, 4) is 11.8 Å². The molecule has 3 amide bonds. The minimum Gasteiger partial charge on any atom is -0.319 e. The molecule has 116 valence electrons. The van der Waals surface area contributed by atoms with E-state index in [-0.39, 0.29) is 18.9 Å². The van der Waals surface area contributed by atoms with Crippen LogP contribution in [0.3, 0.4) is 0 Å². The van der Waals surface area contributed by atoms with E-state index in [9.17, 15) is 9.59 Å². The first kappa shape index (κ1) is 14.6. The summed E-state index contributed by atoms with van der Waals surface area (Å²) < 4.78 is 1.49. The minimum atomic E-state index is -1.15. The van der Waals surface area contributed by atoms with E-state index in [1.807, 2.05) is 6.07 Å². The van der Waals surface area contributed by atoms with E-state index >= 15 is 0 Å². The van der Waals surface area contributed by atoms with Crippen LogP contribution in [-0.2, 0) is 10.3 Å². The molecule has 0 aliphatic carbocycles. The van der Waals surface area contributed by atoms with Gasteiger partial charge >= 0.3 is 6.03 Å².